The van der Waals surface area contributed by atoms with E-state index >= 15 is 0 Å². The molecule has 0 aromatic carbocycles. The van der Waals surface area contributed by atoms with Gasteiger partial charge in [-0.1, -0.05) is 9.67 Å². The van der Waals surface area contributed by atoms with Crippen LogP contribution in [0.4, 0.5) is 11.9 Å². The summed E-state index contributed by atoms with van der Waals surface area (Å²) in [4.78, 5) is 41.0. The van der Waals surface area contributed by atoms with Crippen LogP contribution in [0.5, 0.6) is 0 Å². The number of rotatable bonds is 7. The highest BCUT2D eigenvalue weighted by Crippen LogP contribution is 2.13. The van der Waals surface area contributed by atoms with Gasteiger partial charge in [-0.05, 0) is 21.8 Å². The van der Waals surface area contributed by atoms with Crippen LogP contribution in [0.3, 0.4) is 0 Å². The highest BCUT2D eigenvalue weighted by Gasteiger charge is 2.28. The Labute approximate surface area is 124 Å². The standard InChI is InChI=1S/C7H7N9O7/c1-4(23-16(21)22)2-12-7(9-6(11-12)15(19)20)13-3-8-5(10-13)14(17)18/h3-4H,2H2,1H3. The Bertz CT molecular complexity index is 766. The lowest BCUT2D eigenvalue weighted by Gasteiger charge is -2.06. The molecule has 0 saturated heterocycles. The minimum Gasteiger partial charge on any atom is -0.390 e. The zero-order valence-electron chi connectivity index (χ0n) is 11.2. The molecule has 0 N–H and O–H groups in total. The second-order valence-electron chi connectivity index (χ2n) is 4.04. The average molecular weight is 329 g/mol. The van der Waals surface area contributed by atoms with Crippen LogP contribution in [-0.2, 0) is 11.4 Å². The van der Waals surface area contributed by atoms with Gasteiger partial charge >= 0.3 is 17.8 Å². The Hall–Kier alpha value is -3.72. The molecule has 2 rings (SSSR count). The minimum absolute atomic E-state index is 0.281. The molecule has 0 aliphatic carbocycles. The smallest absolute Gasteiger partial charge is 0.390 e. The van der Waals surface area contributed by atoms with Crippen LogP contribution in [0.15, 0.2) is 6.33 Å². The quantitative estimate of drug-likeness (QED) is 0.457. The van der Waals surface area contributed by atoms with Crippen molar-refractivity contribution in [3.05, 3.63) is 36.7 Å². The van der Waals surface area contributed by atoms with E-state index in [9.17, 15) is 30.3 Å². The fourth-order valence-corrected chi connectivity index (χ4v) is 1.55. The first-order valence-corrected chi connectivity index (χ1v) is 5.74. The second-order valence-corrected chi connectivity index (χ2v) is 4.04. The van der Waals surface area contributed by atoms with Crippen molar-refractivity contribution in [2.75, 3.05) is 0 Å². The summed E-state index contributed by atoms with van der Waals surface area (Å²) in [7, 11) is 0. The molecule has 1 atom stereocenters. The van der Waals surface area contributed by atoms with E-state index in [0.29, 0.717) is 0 Å². The maximum atomic E-state index is 10.7. The monoisotopic (exact) mass is 329 g/mol. The van der Waals surface area contributed by atoms with Crippen molar-refractivity contribution in [2.45, 2.75) is 19.6 Å². The van der Waals surface area contributed by atoms with Crippen LogP contribution >= 0.6 is 0 Å². The minimum atomic E-state index is -1.03. The molecule has 16 heteroatoms. The first-order valence-electron chi connectivity index (χ1n) is 5.74. The van der Waals surface area contributed by atoms with E-state index in [1.165, 1.54) is 6.92 Å². The van der Waals surface area contributed by atoms with Crippen LogP contribution in [0.25, 0.3) is 5.95 Å². The maximum absolute atomic E-state index is 10.7. The molecule has 16 nitrogen and oxygen atoms in total. The summed E-state index contributed by atoms with van der Waals surface area (Å²) in [6.45, 7) is 1.04. The van der Waals surface area contributed by atoms with E-state index in [2.05, 4.69) is 25.0 Å². The van der Waals surface area contributed by atoms with Gasteiger partial charge in [0.05, 0.1) is 6.54 Å². The molecular weight excluding hydrogens is 322 g/mol. The molecule has 23 heavy (non-hydrogen) atoms. The third-order valence-corrected chi connectivity index (χ3v) is 2.35. The van der Waals surface area contributed by atoms with Gasteiger partial charge in [0.15, 0.2) is 0 Å². The molecule has 1 unspecified atom stereocenters. The lowest BCUT2D eigenvalue weighted by atomic mass is 10.4. The Balaban J connectivity index is 2.38. The molecule has 0 spiro atoms. The first kappa shape index (κ1) is 15.7. The largest absolute Gasteiger partial charge is 0.493 e. The Kier molecular flexibility index (Phi) is 4.05. The summed E-state index contributed by atoms with van der Waals surface area (Å²) in [5.74, 6) is -1.85. The highest BCUT2D eigenvalue weighted by atomic mass is 17.0. The molecule has 0 bridgehead atoms. The summed E-state index contributed by atoms with van der Waals surface area (Å²) in [5, 5.41) is 37.6. The first-order chi connectivity index (χ1) is 10.8. The van der Waals surface area contributed by atoms with Gasteiger partial charge in [0, 0.05) is 10.2 Å². The summed E-state index contributed by atoms with van der Waals surface area (Å²) >= 11 is 0. The van der Waals surface area contributed by atoms with E-state index < -0.39 is 32.9 Å². The third-order valence-electron chi connectivity index (χ3n) is 2.35. The van der Waals surface area contributed by atoms with Crippen LogP contribution < -0.4 is 0 Å². The molecule has 2 heterocycles. The Morgan fingerprint density at radius 2 is 1.83 bits per heavy atom. The van der Waals surface area contributed by atoms with Crippen molar-refractivity contribution in [1.29, 1.82) is 0 Å². The van der Waals surface area contributed by atoms with Crippen molar-refractivity contribution < 1.29 is 19.8 Å². The van der Waals surface area contributed by atoms with Gasteiger partial charge in [0.2, 0.25) is 6.33 Å². The second kappa shape index (κ2) is 5.95. The maximum Gasteiger partial charge on any atom is 0.493 e. The summed E-state index contributed by atoms with van der Waals surface area (Å²) < 4.78 is 1.68. The van der Waals surface area contributed by atoms with Crippen molar-refractivity contribution in [1.82, 2.24) is 29.5 Å². The number of aromatic nitrogens is 6. The van der Waals surface area contributed by atoms with Crippen LogP contribution in [0.1, 0.15) is 6.92 Å². The Morgan fingerprint density at radius 3 is 2.35 bits per heavy atom. The van der Waals surface area contributed by atoms with Gasteiger partial charge in [0.1, 0.15) is 6.10 Å². The summed E-state index contributed by atoms with van der Waals surface area (Å²) in [5.41, 5.74) is 0. The molecule has 0 aliphatic rings. The van der Waals surface area contributed by atoms with Gasteiger partial charge in [-0.25, -0.2) is 0 Å². The fraction of sp³-hybridized carbons (Fsp3) is 0.429. The van der Waals surface area contributed by atoms with Crippen LogP contribution in [-0.4, -0.2) is 50.6 Å². The van der Waals surface area contributed by atoms with Gasteiger partial charge in [-0.2, -0.15) is 0 Å². The predicted octanol–water partition coefficient (Wildman–Crippen LogP) is -0.728. The van der Waals surface area contributed by atoms with Gasteiger partial charge in [0.25, 0.3) is 5.09 Å². The molecule has 2 aromatic heterocycles. The van der Waals surface area contributed by atoms with Gasteiger partial charge in [-0.3, -0.25) is 0 Å². The average Bonchev–Trinajstić information content (AvgIpc) is 3.03. The number of nitro groups is 2. The van der Waals surface area contributed by atoms with E-state index in [4.69, 9.17) is 0 Å². The molecule has 0 radical (unpaired) electrons. The third kappa shape index (κ3) is 3.49. The predicted molar refractivity (Wildman–Crippen MR) is 65.8 cm³/mol. The SMILES string of the molecule is CC(Cn1nc([N+](=O)[O-])nc1-n1cnc([N+](=O)[O-])n1)O[N+](=O)[O-]. The van der Waals surface area contributed by atoms with E-state index in [1.807, 2.05) is 0 Å². The summed E-state index contributed by atoms with van der Waals surface area (Å²) in [6, 6.07) is 0. The zero-order valence-corrected chi connectivity index (χ0v) is 11.2. The summed E-state index contributed by atoms with van der Waals surface area (Å²) in [6.07, 6.45) is -0.106. The Morgan fingerprint density at radius 1 is 1.17 bits per heavy atom. The van der Waals surface area contributed by atoms with Crippen molar-refractivity contribution in [3.63, 3.8) is 0 Å². The normalized spacial score (nSPS) is 11.9. The number of nitrogens with zero attached hydrogens (tertiary/aromatic N) is 9. The van der Waals surface area contributed by atoms with E-state index in [-0.39, 0.29) is 12.5 Å². The van der Waals surface area contributed by atoms with E-state index in [1.54, 1.807) is 0 Å². The van der Waals surface area contributed by atoms with Crippen molar-refractivity contribution >= 4 is 11.9 Å². The van der Waals surface area contributed by atoms with Crippen LogP contribution in [0.2, 0.25) is 0 Å². The lowest BCUT2D eigenvalue weighted by molar-refractivity contribution is -0.768. The number of hydrogen-bond acceptors (Lipinski definition) is 11. The van der Waals surface area contributed by atoms with Gasteiger partial charge < -0.3 is 25.1 Å². The van der Waals surface area contributed by atoms with Crippen LogP contribution in [0, 0.1) is 30.3 Å². The molecule has 0 amide bonds. The number of hydrogen-bond donors (Lipinski definition) is 0. The molecular formula is C7H7N9O7. The molecule has 0 fully saturated rings. The highest BCUT2D eigenvalue weighted by molar-refractivity contribution is 5.17. The van der Waals surface area contributed by atoms with E-state index in [0.717, 1.165) is 15.7 Å². The van der Waals surface area contributed by atoms with Crippen molar-refractivity contribution in [2.24, 2.45) is 0 Å². The molecule has 0 aliphatic heterocycles. The van der Waals surface area contributed by atoms with Gasteiger partial charge in [-0.15, -0.1) is 14.8 Å². The lowest BCUT2D eigenvalue weighted by Crippen LogP contribution is -2.22. The van der Waals surface area contributed by atoms with Crippen molar-refractivity contribution in [3.8, 4) is 5.95 Å². The topological polar surface area (TPSA) is 200 Å². The molecule has 2 aromatic rings. The fourth-order valence-electron chi connectivity index (χ4n) is 1.55. The molecule has 122 valence electrons. The molecule has 0 saturated carbocycles. The zero-order chi connectivity index (χ0) is 17.1.